The zero-order chi connectivity index (χ0) is 22.6. The van der Waals surface area contributed by atoms with Crippen LogP contribution in [-0.4, -0.2) is 59.6 Å². The number of carbonyl (C=O) groups is 1. The summed E-state index contributed by atoms with van der Waals surface area (Å²) in [5.41, 5.74) is 1.50. The van der Waals surface area contributed by atoms with Crippen molar-refractivity contribution in [1.29, 1.82) is 0 Å². The topological polar surface area (TPSA) is 70.1 Å². The van der Waals surface area contributed by atoms with Crippen LogP contribution in [0.3, 0.4) is 0 Å². The molecule has 0 N–H and O–H groups in total. The van der Waals surface area contributed by atoms with Crippen LogP contribution in [0, 0.1) is 0 Å². The van der Waals surface area contributed by atoms with Gasteiger partial charge in [-0.2, -0.15) is 0 Å². The molecule has 0 radical (unpaired) electrons. The van der Waals surface area contributed by atoms with Crippen LogP contribution in [0.1, 0.15) is 84.7 Å². The Kier molecular flexibility index (Phi) is 5.64. The average Bonchev–Trinajstić information content (AvgIpc) is 3.47. The van der Waals surface area contributed by atoms with Crippen LogP contribution in [0.4, 0.5) is 4.79 Å². The summed E-state index contributed by atoms with van der Waals surface area (Å²) in [5.74, 6) is 0.478. The smallest absolute Gasteiger partial charge is 0.444 e. The minimum Gasteiger partial charge on any atom is -0.444 e. The van der Waals surface area contributed by atoms with E-state index < -0.39 is 23.9 Å². The second kappa shape index (κ2) is 7.75. The molecule has 1 aromatic rings. The average molecular weight is 430 g/mol. The van der Waals surface area contributed by atoms with Crippen molar-refractivity contribution < 1.29 is 23.6 Å². The van der Waals surface area contributed by atoms with Crippen LogP contribution < -0.4 is 5.46 Å². The Balaban J connectivity index is 1.58. The van der Waals surface area contributed by atoms with Gasteiger partial charge in [0.2, 0.25) is 0 Å². The third-order valence-corrected chi connectivity index (χ3v) is 6.46. The molecule has 8 heteroatoms. The summed E-state index contributed by atoms with van der Waals surface area (Å²) in [6, 6.07) is 4.12. The molecule has 1 aliphatic carbocycles. The van der Waals surface area contributed by atoms with Crippen molar-refractivity contribution in [1.82, 2.24) is 9.88 Å². The third kappa shape index (κ3) is 4.91. The lowest BCUT2D eigenvalue weighted by molar-refractivity contribution is -0.0447. The van der Waals surface area contributed by atoms with E-state index in [2.05, 4.69) is 33.8 Å². The number of pyridine rings is 1. The van der Waals surface area contributed by atoms with Gasteiger partial charge in [0.1, 0.15) is 11.7 Å². The van der Waals surface area contributed by atoms with Gasteiger partial charge in [0.05, 0.1) is 30.0 Å². The molecule has 31 heavy (non-hydrogen) atoms. The van der Waals surface area contributed by atoms with E-state index in [4.69, 9.17) is 23.8 Å². The molecule has 4 rings (SSSR count). The molecule has 3 fully saturated rings. The number of amides is 1. The highest BCUT2D eigenvalue weighted by Crippen LogP contribution is 2.40. The molecule has 1 atom stereocenters. The Hall–Kier alpha value is -1.64. The minimum absolute atomic E-state index is 0.304. The van der Waals surface area contributed by atoms with E-state index in [1.807, 2.05) is 26.8 Å². The van der Waals surface area contributed by atoms with Crippen LogP contribution in [0.2, 0.25) is 0 Å². The first-order chi connectivity index (χ1) is 14.3. The number of aromatic nitrogens is 1. The van der Waals surface area contributed by atoms with Gasteiger partial charge in [0.25, 0.3) is 0 Å². The van der Waals surface area contributed by atoms with E-state index in [9.17, 15) is 4.79 Å². The second-order valence-electron chi connectivity index (χ2n) is 10.9. The summed E-state index contributed by atoms with van der Waals surface area (Å²) in [6.45, 7) is 15.2. The number of hydrogen-bond acceptors (Lipinski definition) is 6. The molecule has 1 amide bonds. The molecule has 170 valence electrons. The standard InChI is InChI=1S/C23H35BN2O5/c1-21(2,3)29-20(27)26-10-11-28-19(14-26)18-13-16(12-17(25-18)15-8-9-15)24-30-22(4,5)23(6,7)31-24/h12-13,15,19H,8-11,14H2,1-7H3. The monoisotopic (exact) mass is 430 g/mol. The first-order valence-electron chi connectivity index (χ1n) is 11.3. The lowest BCUT2D eigenvalue weighted by Crippen LogP contribution is -2.45. The Morgan fingerprint density at radius 3 is 2.32 bits per heavy atom. The molecule has 3 aliphatic rings. The number of ether oxygens (including phenoxy) is 2. The van der Waals surface area contributed by atoms with Gasteiger partial charge in [-0.3, -0.25) is 4.98 Å². The van der Waals surface area contributed by atoms with Gasteiger partial charge < -0.3 is 23.7 Å². The summed E-state index contributed by atoms with van der Waals surface area (Å²) in [6.07, 6.45) is 1.68. The Morgan fingerprint density at radius 1 is 1.13 bits per heavy atom. The lowest BCUT2D eigenvalue weighted by atomic mass is 9.78. The zero-order valence-corrected chi connectivity index (χ0v) is 19.9. The van der Waals surface area contributed by atoms with E-state index in [0.29, 0.717) is 25.6 Å². The van der Waals surface area contributed by atoms with Crippen molar-refractivity contribution >= 4 is 18.7 Å². The van der Waals surface area contributed by atoms with Gasteiger partial charge in [0, 0.05) is 18.2 Å². The van der Waals surface area contributed by atoms with Crippen LogP contribution in [-0.2, 0) is 18.8 Å². The predicted molar refractivity (Wildman–Crippen MR) is 118 cm³/mol. The number of rotatable bonds is 3. The molecule has 1 aromatic heterocycles. The number of nitrogens with zero attached hydrogens (tertiary/aromatic N) is 2. The molecule has 0 spiro atoms. The quantitative estimate of drug-likeness (QED) is 0.683. The van der Waals surface area contributed by atoms with Crippen molar-refractivity contribution in [3.05, 3.63) is 23.5 Å². The maximum Gasteiger partial charge on any atom is 0.494 e. The van der Waals surface area contributed by atoms with Crippen LogP contribution >= 0.6 is 0 Å². The summed E-state index contributed by atoms with van der Waals surface area (Å²) >= 11 is 0. The summed E-state index contributed by atoms with van der Waals surface area (Å²) in [5, 5.41) is 0. The van der Waals surface area contributed by atoms with Crippen molar-refractivity contribution in [3.63, 3.8) is 0 Å². The summed E-state index contributed by atoms with van der Waals surface area (Å²) in [7, 11) is -0.449. The van der Waals surface area contributed by atoms with Gasteiger partial charge in [-0.05, 0) is 78.9 Å². The number of morpholine rings is 1. The number of carbonyl (C=O) groups excluding carboxylic acids is 1. The van der Waals surface area contributed by atoms with Crippen molar-refractivity contribution in [2.75, 3.05) is 19.7 Å². The predicted octanol–water partition coefficient (Wildman–Crippen LogP) is 3.57. The molecule has 2 saturated heterocycles. The first kappa shape index (κ1) is 22.6. The fourth-order valence-electron chi connectivity index (χ4n) is 3.79. The lowest BCUT2D eigenvalue weighted by Gasteiger charge is -2.34. The largest absolute Gasteiger partial charge is 0.494 e. The number of hydrogen-bond donors (Lipinski definition) is 0. The summed E-state index contributed by atoms with van der Waals surface area (Å²) < 4.78 is 24.2. The fourth-order valence-corrected chi connectivity index (χ4v) is 3.79. The highest BCUT2D eigenvalue weighted by Gasteiger charge is 2.52. The second-order valence-corrected chi connectivity index (χ2v) is 10.9. The molecular formula is C23H35BN2O5. The van der Waals surface area contributed by atoms with Gasteiger partial charge in [0.15, 0.2) is 0 Å². The van der Waals surface area contributed by atoms with Gasteiger partial charge in [-0.15, -0.1) is 0 Å². The Morgan fingerprint density at radius 2 is 1.74 bits per heavy atom. The van der Waals surface area contributed by atoms with Crippen molar-refractivity contribution in [3.8, 4) is 0 Å². The van der Waals surface area contributed by atoms with Crippen molar-refractivity contribution in [2.24, 2.45) is 0 Å². The van der Waals surface area contributed by atoms with E-state index in [1.54, 1.807) is 4.90 Å². The fraction of sp³-hybridized carbons (Fsp3) is 0.739. The third-order valence-electron chi connectivity index (χ3n) is 6.46. The minimum atomic E-state index is -0.529. The molecular weight excluding hydrogens is 395 g/mol. The Bertz CT molecular complexity index is 831. The highest BCUT2D eigenvalue weighted by atomic mass is 16.7. The summed E-state index contributed by atoms with van der Waals surface area (Å²) in [4.78, 5) is 19.2. The molecule has 1 saturated carbocycles. The molecule has 2 aliphatic heterocycles. The molecule has 3 heterocycles. The molecule has 7 nitrogen and oxygen atoms in total. The SMILES string of the molecule is CC(C)(C)OC(=O)N1CCOC(c2cc(B3OC(C)(C)C(C)(C)O3)cc(C3CC3)n2)C1. The van der Waals surface area contributed by atoms with E-state index in [1.165, 1.54) is 0 Å². The maximum absolute atomic E-state index is 12.6. The molecule has 1 unspecified atom stereocenters. The van der Waals surface area contributed by atoms with E-state index >= 15 is 0 Å². The Labute approximate surface area is 185 Å². The highest BCUT2D eigenvalue weighted by molar-refractivity contribution is 6.62. The molecule has 0 bridgehead atoms. The maximum atomic E-state index is 12.6. The van der Waals surface area contributed by atoms with E-state index in [0.717, 1.165) is 29.7 Å². The van der Waals surface area contributed by atoms with Crippen LogP contribution in [0.25, 0.3) is 0 Å². The normalized spacial score (nSPS) is 25.6. The first-order valence-corrected chi connectivity index (χ1v) is 11.3. The zero-order valence-electron chi connectivity index (χ0n) is 19.9. The van der Waals surface area contributed by atoms with E-state index in [-0.39, 0.29) is 12.2 Å². The van der Waals surface area contributed by atoms with Gasteiger partial charge in [-0.1, -0.05) is 0 Å². The van der Waals surface area contributed by atoms with Crippen LogP contribution in [0.5, 0.6) is 0 Å². The molecule has 0 aromatic carbocycles. The van der Waals surface area contributed by atoms with Crippen molar-refractivity contribution in [2.45, 2.75) is 90.1 Å². The van der Waals surface area contributed by atoms with Crippen LogP contribution in [0.15, 0.2) is 12.1 Å². The van der Waals surface area contributed by atoms with Gasteiger partial charge >= 0.3 is 13.2 Å². The van der Waals surface area contributed by atoms with Gasteiger partial charge in [-0.25, -0.2) is 4.79 Å².